The lowest BCUT2D eigenvalue weighted by Crippen LogP contribution is -2.38. The fraction of sp³-hybridized carbons (Fsp3) is 0.867. The number of nitrogens with one attached hydrogen (secondary N) is 2. The molecule has 4 nitrogen and oxygen atoms in total. The molecule has 0 rings (SSSR count). The van der Waals surface area contributed by atoms with Crippen LogP contribution in [-0.2, 0) is 9.59 Å². The fourth-order valence-corrected chi connectivity index (χ4v) is 2.43. The molecule has 2 atom stereocenters. The molecule has 112 valence electrons. The molecule has 0 unspecified atom stereocenters. The zero-order valence-corrected chi connectivity index (χ0v) is 12.9. The Morgan fingerprint density at radius 2 is 1.74 bits per heavy atom. The third-order valence-corrected chi connectivity index (χ3v) is 3.53. The van der Waals surface area contributed by atoms with Gasteiger partial charge in [0.05, 0.1) is 0 Å². The molecule has 0 aliphatic carbocycles. The quantitative estimate of drug-likeness (QED) is 0.566. The zero-order chi connectivity index (χ0) is 14.7. The molecule has 0 saturated carbocycles. The molecule has 4 heteroatoms. The highest BCUT2D eigenvalue weighted by molar-refractivity contribution is 5.88. The van der Waals surface area contributed by atoms with Crippen LogP contribution in [0.4, 0.5) is 0 Å². The van der Waals surface area contributed by atoms with Crippen LogP contribution in [0.25, 0.3) is 0 Å². The highest BCUT2D eigenvalue weighted by Crippen LogP contribution is 2.23. The second kappa shape index (κ2) is 11.0. The molecule has 0 aromatic carbocycles. The minimum absolute atomic E-state index is 0.0478. The van der Waals surface area contributed by atoms with E-state index in [1.807, 2.05) is 20.9 Å². The molecule has 0 aromatic rings. The highest BCUT2D eigenvalue weighted by atomic mass is 16.2. The van der Waals surface area contributed by atoms with Gasteiger partial charge in [0.1, 0.15) is 5.78 Å². The van der Waals surface area contributed by atoms with Crippen LogP contribution < -0.4 is 10.6 Å². The lowest BCUT2D eigenvalue weighted by Gasteiger charge is -2.24. The maximum atomic E-state index is 12.2. The first kappa shape index (κ1) is 18.1. The Labute approximate surface area is 117 Å². The van der Waals surface area contributed by atoms with E-state index >= 15 is 0 Å². The SMILES string of the molecule is CCC[C@H](C(=O)NCCCNC)[C@@H](CC)C(=O)CC. The van der Waals surface area contributed by atoms with Gasteiger partial charge in [-0.15, -0.1) is 0 Å². The van der Waals surface area contributed by atoms with Crippen LogP contribution in [-0.4, -0.2) is 31.8 Å². The van der Waals surface area contributed by atoms with E-state index in [1.165, 1.54) is 0 Å². The maximum absolute atomic E-state index is 12.2. The molecule has 0 saturated heterocycles. The van der Waals surface area contributed by atoms with Gasteiger partial charge in [0.25, 0.3) is 0 Å². The van der Waals surface area contributed by atoms with Gasteiger partial charge >= 0.3 is 0 Å². The summed E-state index contributed by atoms with van der Waals surface area (Å²) in [6.45, 7) is 7.50. The lowest BCUT2D eigenvalue weighted by atomic mass is 9.82. The molecule has 0 radical (unpaired) electrons. The largest absolute Gasteiger partial charge is 0.356 e. The van der Waals surface area contributed by atoms with E-state index in [9.17, 15) is 9.59 Å². The van der Waals surface area contributed by atoms with Gasteiger partial charge < -0.3 is 10.6 Å². The topological polar surface area (TPSA) is 58.2 Å². The Morgan fingerprint density at radius 3 is 2.21 bits per heavy atom. The van der Waals surface area contributed by atoms with Crippen molar-refractivity contribution in [2.75, 3.05) is 20.1 Å². The number of rotatable bonds is 11. The number of amides is 1. The zero-order valence-electron chi connectivity index (χ0n) is 12.9. The van der Waals surface area contributed by atoms with Gasteiger partial charge in [0.2, 0.25) is 5.91 Å². The van der Waals surface area contributed by atoms with E-state index in [2.05, 4.69) is 17.6 Å². The molecule has 1 amide bonds. The van der Waals surface area contributed by atoms with Gasteiger partial charge in [0.15, 0.2) is 0 Å². The van der Waals surface area contributed by atoms with E-state index in [1.54, 1.807) is 0 Å². The molecule has 0 heterocycles. The summed E-state index contributed by atoms with van der Waals surface area (Å²) in [4.78, 5) is 24.2. The van der Waals surface area contributed by atoms with Crippen LogP contribution in [0.5, 0.6) is 0 Å². The Kier molecular flexibility index (Phi) is 10.5. The fourth-order valence-electron chi connectivity index (χ4n) is 2.43. The van der Waals surface area contributed by atoms with Gasteiger partial charge in [-0.25, -0.2) is 0 Å². The average Bonchev–Trinajstić information content (AvgIpc) is 2.42. The van der Waals surface area contributed by atoms with Crippen molar-refractivity contribution in [3.63, 3.8) is 0 Å². The summed E-state index contributed by atoms with van der Waals surface area (Å²) in [7, 11) is 1.90. The minimum Gasteiger partial charge on any atom is -0.356 e. The molecule has 0 fully saturated rings. The van der Waals surface area contributed by atoms with E-state index in [0.717, 1.165) is 32.2 Å². The van der Waals surface area contributed by atoms with E-state index in [4.69, 9.17) is 0 Å². The number of hydrogen-bond donors (Lipinski definition) is 2. The Balaban J connectivity index is 4.50. The number of ketones is 1. The maximum Gasteiger partial charge on any atom is 0.223 e. The summed E-state index contributed by atoms with van der Waals surface area (Å²) in [6, 6.07) is 0. The summed E-state index contributed by atoms with van der Waals surface area (Å²) >= 11 is 0. The Bertz CT molecular complexity index is 267. The summed E-state index contributed by atoms with van der Waals surface area (Å²) in [5.74, 6) is -0.00999. The van der Waals surface area contributed by atoms with Crippen molar-refractivity contribution in [1.82, 2.24) is 10.6 Å². The summed E-state index contributed by atoms with van der Waals surface area (Å²) < 4.78 is 0. The second-order valence-electron chi connectivity index (χ2n) is 4.98. The Hall–Kier alpha value is -0.900. The second-order valence-corrected chi connectivity index (χ2v) is 4.98. The van der Waals surface area contributed by atoms with E-state index in [0.29, 0.717) is 13.0 Å². The van der Waals surface area contributed by atoms with Crippen LogP contribution in [0.3, 0.4) is 0 Å². The molecule has 19 heavy (non-hydrogen) atoms. The van der Waals surface area contributed by atoms with E-state index in [-0.39, 0.29) is 23.5 Å². The van der Waals surface area contributed by atoms with Crippen LogP contribution in [0.15, 0.2) is 0 Å². The monoisotopic (exact) mass is 270 g/mol. The first-order valence-electron chi connectivity index (χ1n) is 7.57. The number of Topliss-reactive ketones (excluding diaryl/α,β-unsaturated/α-hetero) is 1. The van der Waals surface area contributed by atoms with Gasteiger partial charge in [-0.3, -0.25) is 9.59 Å². The third kappa shape index (κ3) is 6.71. The molecule has 0 aliphatic rings. The summed E-state index contributed by atoms with van der Waals surface area (Å²) in [5.41, 5.74) is 0. The number of carbonyl (C=O) groups excluding carboxylic acids is 2. The normalized spacial score (nSPS) is 13.9. The molecule has 2 N–H and O–H groups in total. The molecule has 0 spiro atoms. The lowest BCUT2D eigenvalue weighted by molar-refractivity contribution is -0.134. The van der Waals surface area contributed by atoms with Gasteiger partial charge in [0, 0.05) is 24.8 Å². The predicted octanol–water partition coefficient (Wildman–Crippen LogP) is 2.13. The molecule has 0 aliphatic heterocycles. The first-order chi connectivity index (χ1) is 9.12. The minimum atomic E-state index is -0.156. The van der Waals surface area contributed by atoms with Crippen molar-refractivity contribution < 1.29 is 9.59 Å². The predicted molar refractivity (Wildman–Crippen MR) is 79.0 cm³/mol. The van der Waals surface area contributed by atoms with Crippen molar-refractivity contribution in [2.24, 2.45) is 11.8 Å². The van der Waals surface area contributed by atoms with Crippen LogP contribution >= 0.6 is 0 Å². The van der Waals surface area contributed by atoms with E-state index < -0.39 is 0 Å². The molecule has 0 aromatic heterocycles. The van der Waals surface area contributed by atoms with Crippen LogP contribution in [0.1, 0.15) is 52.9 Å². The third-order valence-electron chi connectivity index (χ3n) is 3.53. The summed E-state index contributed by atoms with van der Waals surface area (Å²) in [5, 5.41) is 6.02. The standard InChI is InChI=1S/C15H30N2O2/c1-5-9-13(12(6-2)14(18)7-3)15(19)17-11-8-10-16-4/h12-13,16H,5-11H2,1-4H3,(H,17,19)/t12-,13+/m1/s1. The highest BCUT2D eigenvalue weighted by Gasteiger charge is 2.30. The van der Waals surface area contributed by atoms with Crippen molar-refractivity contribution >= 4 is 11.7 Å². The van der Waals surface area contributed by atoms with Crippen molar-refractivity contribution in [3.05, 3.63) is 0 Å². The number of carbonyl (C=O) groups is 2. The smallest absolute Gasteiger partial charge is 0.223 e. The van der Waals surface area contributed by atoms with Crippen molar-refractivity contribution in [2.45, 2.75) is 52.9 Å². The molecular weight excluding hydrogens is 240 g/mol. The van der Waals surface area contributed by atoms with Crippen LogP contribution in [0, 0.1) is 11.8 Å². The molecule has 0 bridgehead atoms. The van der Waals surface area contributed by atoms with Gasteiger partial charge in [-0.05, 0) is 32.9 Å². The first-order valence-corrected chi connectivity index (χ1v) is 7.57. The van der Waals surface area contributed by atoms with Crippen molar-refractivity contribution in [3.8, 4) is 0 Å². The summed E-state index contributed by atoms with van der Waals surface area (Å²) in [6.07, 6.45) is 3.91. The Morgan fingerprint density at radius 1 is 1.05 bits per heavy atom. The van der Waals surface area contributed by atoms with Gasteiger partial charge in [-0.1, -0.05) is 27.2 Å². The van der Waals surface area contributed by atoms with Crippen molar-refractivity contribution in [1.29, 1.82) is 0 Å². The average molecular weight is 270 g/mol. The number of hydrogen-bond acceptors (Lipinski definition) is 3. The van der Waals surface area contributed by atoms with Gasteiger partial charge in [-0.2, -0.15) is 0 Å². The molecular formula is C15H30N2O2. The van der Waals surface area contributed by atoms with Crippen LogP contribution in [0.2, 0.25) is 0 Å².